The van der Waals surface area contributed by atoms with Crippen molar-refractivity contribution in [3.8, 4) is 11.5 Å². The first-order chi connectivity index (χ1) is 8.13. The lowest BCUT2D eigenvalue weighted by Gasteiger charge is -2.13. The highest BCUT2D eigenvalue weighted by atomic mass is 19.3. The van der Waals surface area contributed by atoms with Gasteiger partial charge in [-0.05, 0) is 18.1 Å². The fourth-order valence-electron chi connectivity index (χ4n) is 1.82. The molecule has 1 aliphatic rings. The van der Waals surface area contributed by atoms with Crippen LogP contribution in [0.4, 0.5) is 8.78 Å². The molecule has 3 nitrogen and oxygen atoms in total. The summed E-state index contributed by atoms with van der Waals surface area (Å²) in [5, 5.41) is 0. The Kier molecular flexibility index (Phi) is 3.26. The second-order valence-electron chi connectivity index (χ2n) is 3.95. The van der Waals surface area contributed by atoms with E-state index in [0.717, 1.165) is 6.29 Å². The van der Waals surface area contributed by atoms with Gasteiger partial charge >= 0.3 is 0 Å². The Labute approximate surface area is 97.3 Å². The normalized spacial score (nSPS) is 15.1. The van der Waals surface area contributed by atoms with Crippen molar-refractivity contribution in [3.63, 3.8) is 0 Å². The van der Waals surface area contributed by atoms with Gasteiger partial charge in [-0.1, -0.05) is 6.92 Å². The lowest BCUT2D eigenvalue weighted by atomic mass is 9.95. The Morgan fingerprint density at radius 1 is 1.41 bits per heavy atom. The zero-order valence-electron chi connectivity index (χ0n) is 9.28. The van der Waals surface area contributed by atoms with Gasteiger partial charge in [-0.15, -0.1) is 0 Å². The van der Waals surface area contributed by atoms with Gasteiger partial charge in [-0.25, -0.2) is 8.78 Å². The first-order valence-electron chi connectivity index (χ1n) is 5.28. The quantitative estimate of drug-likeness (QED) is 0.761. The zero-order valence-corrected chi connectivity index (χ0v) is 9.28. The van der Waals surface area contributed by atoms with E-state index in [0.29, 0.717) is 17.1 Å². The molecule has 0 amide bonds. The van der Waals surface area contributed by atoms with Crippen molar-refractivity contribution in [1.82, 2.24) is 0 Å². The molecule has 17 heavy (non-hydrogen) atoms. The molecule has 1 aromatic rings. The van der Waals surface area contributed by atoms with E-state index in [-0.39, 0.29) is 24.7 Å². The number of halogens is 2. The Morgan fingerprint density at radius 2 is 2.18 bits per heavy atom. The number of hydrogen-bond acceptors (Lipinski definition) is 3. The van der Waals surface area contributed by atoms with Crippen molar-refractivity contribution in [1.29, 1.82) is 0 Å². The number of aldehydes is 1. The summed E-state index contributed by atoms with van der Waals surface area (Å²) in [7, 11) is 0. The number of rotatable bonds is 4. The van der Waals surface area contributed by atoms with E-state index in [9.17, 15) is 13.6 Å². The molecule has 1 aliphatic heterocycles. The summed E-state index contributed by atoms with van der Waals surface area (Å²) in [6.07, 6.45) is -1.53. The van der Waals surface area contributed by atoms with Crippen molar-refractivity contribution in [2.45, 2.75) is 25.7 Å². The number of hydrogen-bond donors (Lipinski definition) is 0. The third kappa shape index (κ3) is 2.23. The summed E-state index contributed by atoms with van der Waals surface area (Å²) in [4.78, 5) is 10.5. The summed E-state index contributed by atoms with van der Waals surface area (Å²) in [6, 6.07) is 2.66. The summed E-state index contributed by atoms with van der Waals surface area (Å²) in [5.41, 5.74) is 0.490. The van der Waals surface area contributed by atoms with Crippen LogP contribution in [-0.4, -0.2) is 13.1 Å². The van der Waals surface area contributed by atoms with E-state index in [4.69, 9.17) is 9.47 Å². The molecule has 1 atom stereocenters. The number of alkyl halides is 2. The SMILES string of the molecule is CC(CC=O)c1cc(C(F)F)cc2c1OCO2. The number of benzene rings is 1. The molecule has 0 saturated carbocycles. The van der Waals surface area contributed by atoms with Gasteiger partial charge in [0.05, 0.1) is 0 Å². The van der Waals surface area contributed by atoms with Crippen LogP contribution in [0, 0.1) is 0 Å². The third-order valence-electron chi connectivity index (χ3n) is 2.76. The van der Waals surface area contributed by atoms with Crippen molar-refractivity contribution in [2.24, 2.45) is 0 Å². The Bertz CT molecular complexity index is 432. The van der Waals surface area contributed by atoms with Crippen LogP contribution in [0.3, 0.4) is 0 Å². The Balaban J connectivity index is 2.45. The van der Waals surface area contributed by atoms with Gasteiger partial charge in [0, 0.05) is 17.5 Å². The molecule has 0 bridgehead atoms. The van der Waals surface area contributed by atoms with Crippen LogP contribution < -0.4 is 9.47 Å². The van der Waals surface area contributed by atoms with E-state index < -0.39 is 6.43 Å². The minimum atomic E-state index is -2.56. The van der Waals surface area contributed by atoms with Crippen LogP contribution in [0.15, 0.2) is 12.1 Å². The number of carbonyl (C=O) groups excluding carboxylic acids is 1. The predicted molar refractivity (Wildman–Crippen MR) is 56.6 cm³/mol. The maximum absolute atomic E-state index is 12.7. The molecule has 1 unspecified atom stereocenters. The molecule has 1 aromatic carbocycles. The second kappa shape index (κ2) is 4.69. The van der Waals surface area contributed by atoms with Gasteiger partial charge in [0.2, 0.25) is 6.79 Å². The third-order valence-corrected chi connectivity index (χ3v) is 2.76. The topological polar surface area (TPSA) is 35.5 Å². The highest BCUT2D eigenvalue weighted by Gasteiger charge is 2.24. The van der Waals surface area contributed by atoms with Gasteiger partial charge in [-0.3, -0.25) is 0 Å². The molecular formula is C12H12F2O3. The van der Waals surface area contributed by atoms with Gasteiger partial charge in [-0.2, -0.15) is 0 Å². The molecule has 2 rings (SSSR count). The Hall–Kier alpha value is -1.65. The van der Waals surface area contributed by atoms with Crippen LogP contribution in [0.5, 0.6) is 11.5 Å². The minimum Gasteiger partial charge on any atom is -0.454 e. The molecule has 0 spiro atoms. The van der Waals surface area contributed by atoms with Crippen LogP contribution in [0.1, 0.15) is 36.8 Å². The van der Waals surface area contributed by atoms with Crippen LogP contribution >= 0.6 is 0 Å². The van der Waals surface area contributed by atoms with E-state index in [1.54, 1.807) is 6.92 Å². The zero-order chi connectivity index (χ0) is 12.4. The van der Waals surface area contributed by atoms with E-state index in [2.05, 4.69) is 0 Å². The fourth-order valence-corrected chi connectivity index (χ4v) is 1.82. The van der Waals surface area contributed by atoms with Crippen molar-refractivity contribution >= 4 is 6.29 Å². The maximum Gasteiger partial charge on any atom is 0.263 e. The van der Waals surface area contributed by atoms with Crippen molar-refractivity contribution in [2.75, 3.05) is 6.79 Å². The lowest BCUT2D eigenvalue weighted by Crippen LogP contribution is -1.99. The molecular weight excluding hydrogens is 230 g/mol. The predicted octanol–water partition coefficient (Wildman–Crippen LogP) is 3.05. The van der Waals surface area contributed by atoms with Crippen LogP contribution in [0.2, 0.25) is 0 Å². The summed E-state index contributed by atoms with van der Waals surface area (Å²) >= 11 is 0. The first kappa shape index (κ1) is 11.8. The summed E-state index contributed by atoms with van der Waals surface area (Å²) in [5.74, 6) is 0.640. The first-order valence-corrected chi connectivity index (χ1v) is 5.28. The van der Waals surface area contributed by atoms with Crippen LogP contribution in [0.25, 0.3) is 0 Å². The van der Waals surface area contributed by atoms with Gasteiger partial charge in [0.25, 0.3) is 6.43 Å². The molecule has 0 N–H and O–H groups in total. The average Bonchev–Trinajstić information content (AvgIpc) is 2.75. The number of fused-ring (bicyclic) bond motifs is 1. The molecule has 1 heterocycles. The molecule has 92 valence electrons. The number of carbonyl (C=O) groups is 1. The average molecular weight is 242 g/mol. The molecule has 0 saturated heterocycles. The maximum atomic E-state index is 12.7. The largest absolute Gasteiger partial charge is 0.454 e. The molecule has 0 aromatic heterocycles. The molecule has 0 aliphatic carbocycles. The smallest absolute Gasteiger partial charge is 0.263 e. The van der Waals surface area contributed by atoms with E-state index in [1.807, 2.05) is 0 Å². The molecule has 5 heteroatoms. The highest BCUT2D eigenvalue weighted by molar-refractivity contribution is 5.56. The molecule has 0 radical (unpaired) electrons. The van der Waals surface area contributed by atoms with Crippen molar-refractivity contribution < 1.29 is 23.0 Å². The Morgan fingerprint density at radius 3 is 2.82 bits per heavy atom. The van der Waals surface area contributed by atoms with E-state index in [1.165, 1.54) is 12.1 Å². The molecule has 0 fully saturated rings. The summed E-state index contributed by atoms with van der Waals surface area (Å²) in [6.45, 7) is 1.82. The minimum absolute atomic E-state index is 0.0306. The number of ether oxygens (including phenoxy) is 2. The van der Waals surface area contributed by atoms with E-state index >= 15 is 0 Å². The monoisotopic (exact) mass is 242 g/mol. The lowest BCUT2D eigenvalue weighted by molar-refractivity contribution is -0.108. The standard InChI is InChI=1S/C12H12F2O3/c1-7(2-3-15)9-4-8(12(13)14)5-10-11(9)17-6-16-10/h3-5,7,12H,2,6H2,1H3. The van der Waals surface area contributed by atoms with Gasteiger partial charge in [0.1, 0.15) is 6.29 Å². The van der Waals surface area contributed by atoms with Gasteiger partial charge in [0.15, 0.2) is 11.5 Å². The summed E-state index contributed by atoms with van der Waals surface area (Å²) < 4.78 is 35.8. The van der Waals surface area contributed by atoms with Gasteiger partial charge < -0.3 is 14.3 Å². The van der Waals surface area contributed by atoms with Crippen molar-refractivity contribution in [3.05, 3.63) is 23.3 Å². The second-order valence-corrected chi connectivity index (χ2v) is 3.95. The van der Waals surface area contributed by atoms with Crippen LogP contribution in [-0.2, 0) is 4.79 Å². The highest BCUT2D eigenvalue weighted by Crippen LogP contribution is 2.42. The fraction of sp³-hybridized carbons (Fsp3) is 0.417.